The van der Waals surface area contributed by atoms with E-state index in [0.29, 0.717) is 50.6 Å². The van der Waals surface area contributed by atoms with Gasteiger partial charge in [0.2, 0.25) is 17.7 Å². The van der Waals surface area contributed by atoms with Gasteiger partial charge in [0.05, 0.1) is 25.1 Å². The second kappa shape index (κ2) is 6.97. The van der Waals surface area contributed by atoms with E-state index in [-0.39, 0.29) is 30.1 Å². The molecule has 0 aromatic heterocycles. The zero-order valence-electron chi connectivity index (χ0n) is 14.7. The third-order valence-electron chi connectivity index (χ3n) is 5.13. The third kappa shape index (κ3) is 3.66. The van der Waals surface area contributed by atoms with E-state index in [2.05, 4.69) is 5.32 Å². The summed E-state index contributed by atoms with van der Waals surface area (Å²) in [5.74, 6) is 1.08. The number of carbonyl (C=O) groups is 3. The maximum absolute atomic E-state index is 12.6. The van der Waals surface area contributed by atoms with Crippen LogP contribution in [0.1, 0.15) is 24.8 Å². The Labute approximate surface area is 152 Å². The molecule has 1 saturated heterocycles. The van der Waals surface area contributed by atoms with Gasteiger partial charge in [0.15, 0.2) is 0 Å². The van der Waals surface area contributed by atoms with E-state index in [0.717, 1.165) is 18.4 Å². The number of hydrogen-bond acceptors (Lipinski definition) is 4. The van der Waals surface area contributed by atoms with Crippen molar-refractivity contribution in [2.24, 2.45) is 5.92 Å². The molecule has 1 N–H and O–H groups in total. The molecule has 2 fully saturated rings. The molecule has 0 unspecified atom stereocenters. The van der Waals surface area contributed by atoms with Crippen LogP contribution in [0.2, 0.25) is 0 Å². The second-order valence-electron chi connectivity index (χ2n) is 7.13. The largest absolute Gasteiger partial charge is 0.491 e. The van der Waals surface area contributed by atoms with E-state index in [1.807, 2.05) is 21.9 Å². The molecular formula is C19H23N3O4. The van der Waals surface area contributed by atoms with E-state index in [1.165, 1.54) is 0 Å². The Kier molecular flexibility index (Phi) is 4.53. The summed E-state index contributed by atoms with van der Waals surface area (Å²) in [4.78, 5) is 40.1. The van der Waals surface area contributed by atoms with E-state index in [4.69, 9.17) is 4.74 Å². The molecule has 2 heterocycles. The molecule has 7 heteroatoms. The predicted molar refractivity (Wildman–Crippen MR) is 94.8 cm³/mol. The fraction of sp³-hybridized carbons (Fsp3) is 0.526. The van der Waals surface area contributed by atoms with Gasteiger partial charge in [-0.15, -0.1) is 0 Å². The van der Waals surface area contributed by atoms with Gasteiger partial charge in [0, 0.05) is 32.1 Å². The zero-order chi connectivity index (χ0) is 18.1. The maximum atomic E-state index is 12.6. The summed E-state index contributed by atoms with van der Waals surface area (Å²) in [7, 11) is 0. The Morgan fingerprint density at radius 1 is 1.12 bits per heavy atom. The lowest BCUT2D eigenvalue weighted by atomic mass is 10.1. The lowest BCUT2D eigenvalue weighted by Gasteiger charge is -2.35. The van der Waals surface area contributed by atoms with Crippen LogP contribution in [0.4, 0.5) is 5.69 Å². The van der Waals surface area contributed by atoms with Gasteiger partial charge in [-0.1, -0.05) is 6.07 Å². The molecular weight excluding hydrogens is 334 g/mol. The minimum Gasteiger partial charge on any atom is -0.491 e. The molecule has 0 spiro atoms. The minimum absolute atomic E-state index is 0.0457. The summed E-state index contributed by atoms with van der Waals surface area (Å²) in [6, 6.07) is 5.47. The molecule has 2 aliphatic heterocycles. The van der Waals surface area contributed by atoms with Crippen LogP contribution in [0.5, 0.6) is 5.75 Å². The van der Waals surface area contributed by atoms with Crippen molar-refractivity contribution in [1.82, 2.24) is 9.80 Å². The van der Waals surface area contributed by atoms with Gasteiger partial charge in [-0.25, -0.2) is 0 Å². The molecule has 1 aromatic carbocycles. The van der Waals surface area contributed by atoms with Crippen LogP contribution in [0.3, 0.4) is 0 Å². The summed E-state index contributed by atoms with van der Waals surface area (Å²) in [5, 5.41) is 2.82. The summed E-state index contributed by atoms with van der Waals surface area (Å²) in [6.07, 6.45) is 2.62. The third-order valence-corrected chi connectivity index (χ3v) is 5.13. The molecule has 1 saturated carbocycles. The molecule has 0 bridgehead atoms. The normalized spacial score (nSPS) is 19.9. The van der Waals surface area contributed by atoms with E-state index in [1.54, 1.807) is 6.07 Å². The number of hydrogen-bond donors (Lipinski definition) is 1. The van der Waals surface area contributed by atoms with Crippen LogP contribution >= 0.6 is 0 Å². The molecule has 3 aliphatic rings. The smallest absolute Gasteiger partial charge is 0.227 e. The Morgan fingerprint density at radius 2 is 1.85 bits per heavy atom. The summed E-state index contributed by atoms with van der Waals surface area (Å²) < 4.78 is 5.54. The van der Waals surface area contributed by atoms with E-state index < -0.39 is 0 Å². The zero-order valence-corrected chi connectivity index (χ0v) is 14.7. The first-order valence-electron chi connectivity index (χ1n) is 9.22. The van der Waals surface area contributed by atoms with Gasteiger partial charge in [0.25, 0.3) is 0 Å². The Bertz CT molecular complexity index is 736. The Balaban J connectivity index is 1.35. The molecule has 4 rings (SSSR count). The van der Waals surface area contributed by atoms with E-state index >= 15 is 0 Å². The maximum Gasteiger partial charge on any atom is 0.227 e. The highest BCUT2D eigenvalue weighted by Crippen LogP contribution is 2.31. The monoisotopic (exact) mass is 357 g/mol. The van der Waals surface area contributed by atoms with Gasteiger partial charge in [-0.05, 0) is 30.5 Å². The average molecular weight is 357 g/mol. The lowest BCUT2D eigenvalue weighted by Crippen LogP contribution is -2.51. The highest BCUT2D eigenvalue weighted by atomic mass is 16.5. The summed E-state index contributed by atoms with van der Waals surface area (Å²) in [5.41, 5.74) is 1.47. The first-order chi connectivity index (χ1) is 12.6. The first kappa shape index (κ1) is 16.9. The van der Waals surface area contributed by atoms with Crippen LogP contribution < -0.4 is 10.1 Å². The van der Waals surface area contributed by atoms with Crippen molar-refractivity contribution in [3.63, 3.8) is 0 Å². The number of carbonyl (C=O) groups excluding carboxylic acids is 3. The fourth-order valence-electron chi connectivity index (χ4n) is 3.43. The van der Waals surface area contributed by atoms with Gasteiger partial charge >= 0.3 is 0 Å². The number of anilines is 1. The summed E-state index contributed by atoms with van der Waals surface area (Å²) >= 11 is 0. The predicted octanol–water partition coefficient (Wildman–Crippen LogP) is 1.03. The van der Waals surface area contributed by atoms with Crippen LogP contribution in [-0.2, 0) is 20.8 Å². The highest BCUT2D eigenvalue weighted by Gasteiger charge is 2.35. The molecule has 138 valence electrons. The van der Waals surface area contributed by atoms with Crippen LogP contribution in [-0.4, -0.2) is 60.3 Å². The molecule has 1 aliphatic carbocycles. The molecule has 26 heavy (non-hydrogen) atoms. The first-order valence-corrected chi connectivity index (χ1v) is 9.22. The number of piperazine rings is 1. The van der Waals surface area contributed by atoms with Gasteiger partial charge in [0.1, 0.15) is 5.75 Å². The molecule has 1 aromatic rings. The second-order valence-corrected chi connectivity index (χ2v) is 7.13. The lowest BCUT2D eigenvalue weighted by molar-refractivity contribution is -0.140. The fourth-order valence-corrected chi connectivity index (χ4v) is 3.43. The quantitative estimate of drug-likeness (QED) is 0.876. The molecule has 7 nitrogen and oxygen atoms in total. The number of nitrogens with one attached hydrogen (secondary N) is 1. The molecule has 0 atom stereocenters. The number of benzene rings is 1. The number of nitrogens with zero attached hydrogens (tertiary/aromatic N) is 2. The summed E-state index contributed by atoms with van der Waals surface area (Å²) in [6.45, 7) is 2.77. The van der Waals surface area contributed by atoms with Crippen molar-refractivity contribution in [1.29, 1.82) is 0 Å². The van der Waals surface area contributed by atoms with Crippen molar-refractivity contribution in [2.75, 3.05) is 38.1 Å². The minimum atomic E-state index is -0.0799. The van der Waals surface area contributed by atoms with Crippen molar-refractivity contribution >= 4 is 23.4 Å². The number of rotatable bonds is 3. The van der Waals surface area contributed by atoms with Crippen LogP contribution in [0.25, 0.3) is 0 Å². The van der Waals surface area contributed by atoms with Crippen molar-refractivity contribution < 1.29 is 19.1 Å². The van der Waals surface area contributed by atoms with Crippen molar-refractivity contribution in [3.8, 4) is 5.75 Å². The van der Waals surface area contributed by atoms with Crippen molar-refractivity contribution in [2.45, 2.75) is 25.7 Å². The van der Waals surface area contributed by atoms with Crippen LogP contribution in [0, 0.1) is 5.92 Å². The SMILES string of the molecule is O=C1CCOc2ccc(CC(=O)N3CCN(C(=O)C4CC4)CC3)cc2N1. The topological polar surface area (TPSA) is 79.0 Å². The number of amides is 3. The van der Waals surface area contributed by atoms with E-state index in [9.17, 15) is 14.4 Å². The van der Waals surface area contributed by atoms with Crippen LogP contribution in [0.15, 0.2) is 18.2 Å². The Morgan fingerprint density at radius 3 is 2.58 bits per heavy atom. The van der Waals surface area contributed by atoms with Crippen molar-refractivity contribution in [3.05, 3.63) is 23.8 Å². The standard InChI is InChI=1S/C19H23N3O4/c23-17-5-10-26-16-4-1-13(11-15(16)20-17)12-18(24)21-6-8-22(9-7-21)19(25)14-2-3-14/h1,4,11,14H,2-3,5-10,12H2,(H,20,23). The number of fused-ring (bicyclic) bond motifs is 1. The number of ether oxygens (including phenoxy) is 1. The van der Waals surface area contributed by atoms with Gasteiger partial charge in [-0.2, -0.15) is 0 Å². The molecule has 0 radical (unpaired) electrons. The Hall–Kier alpha value is -2.57. The van der Waals surface area contributed by atoms with Gasteiger partial charge in [-0.3, -0.25) is 14.4 Å². The highest BCUT2D eigenvalue weighted by molar-refractivity contribution is 5.93. The van der Waals surface area contributed by atoms with Gasteiger partial charge < -0.3 is 19.9 Å². The average Bonchev–Trinajstić information content (AvgIpc) is 3.48. The molecule has 3 amide bonds.